The fraction of sp³-hybridized carbons (Fsp3) is 0.167. The molecule has 0 saturated carbocycles. The molecule has 0 bridgehead atoms. The summed E-state index contributed by atoms with van der Waals surface area (Å²) in [6.45, 7) is 2.11. The van der Waals surface area contributed by atoms with Crippen LogP contribution in [0.3, 0.4) is 0 Å². The van der Waals surface area contributed by atoms with Crippen molar-refractivity contribution in [3.63, 3.8) is 0 Å². The second kappa shape index (κ2) is 4.96. The maximum absolute atomic E-state index is 13.4. The first-order valence-corrected chi connectivity index (χ1v) is 7.62. The van der Waals surface area contributed by atoms with Crippen molar-refractivity contribution in [3.8, 4) is 0 Å². The van der Waals surface area contributed by atoms with E-state index in [4.69, 9.17) is 11.6 Å². The molecule has 4 heteroatoms. The minimum absolute atomic E-state index is 0.112. The molecule has 0 fully saturated rings. The van der Waals surface area contributed by atoms with Crippen LogP contribution in [0.4, 0.5) is 10.1 Å². The van der Waals surface area contributed by atoms with Crippen molar-refractivity contribution in [3.05, 3.63) is 70.6 Å². The average molecular weight is 313 g/mol. The van der Waals surface area contributed by atoms with Gasteiger partial charge in [-0.2, -0.15) is 0 Å². The zero-order chi connectivity index (χ0) is 15.3. The molecule has 110 valence electrons. The van der Waals surface area contributed by atoms with E-state index in [1.165, 1.54) is 12.1 Å². The maximum Gasteiger partial charge on any atom is 0.125 e. The Kier molecular flexibility index (Phi) is 3.05. The number of hydrogen-bond donors (Lipinski definition) is 1. The highest BCUT2D eigenvalue weighted by Gasteiger charge is 2.32. The summed E-state index contributed by atoms with van der Waals surface area (Å²) in [6.07, 6.45) is 0. The van der Waals surface area contributed by atoms with Gasteiger partial charge in [0.15, 0.2) is 0 Å². The van der Waals surface area contributed by atoms with Crippen molar-refractivity contribution in [2.45, 2.75) is 18.9 Å². The van der Waals surface area contributed by atoms with Gasteiger partial charge in [0.05, 0.1) is 21.9 Å². The van der Waals surface area contributed by atoms with Gasteiger partial charge < -0.3 is 5.32 Å². The third-order valence-electron chi connectivity index (χ3n) is 4.25. The van der Waals surface area contributed by atoms with Gasteiger partial charge in [0.25, 0.3) is 0 Å². The largest absolute Gasteiger partial charge is 0.380 e. The highest BCUT2D eigenvalue weighted by molar-refractivity contribution is 6.33. The second-order valence-corrected chi connectivity index (χ2v) is 6.10. The Hall–Kier alpha value is -2.13. The van der Waals surface area contributed by atoms with Crippen LogP contribution in [-0.4, -0.2) is 11.0 Å². The van der Waals surface area contributed by atoms with Gasteiger partial charge in [-0.3, -0.25) is 4.98 Å². The second-order valence-electron chi connectivity index (χ2n) is 5.69. The van der Waals surface area contributed by atoms with E-state index in [1.807, 2.05) is 24.3 Å². The Bertz CT molecular complexity index is 878. The van der Waals surface area contributed by atoms with Crippen LogP contribution < -0.4 is 5.32 Å². The molecular formula is C18H14ClFN2. The molecule has 2 unspecified atom stereocenters. The molecule has 2 nitrogen and oxygen atoms in total. The smallest absolute Gasteiger partial charge is 0.125 e. The van der Waals surface area contributed by atoms with Crippen molar-refractivity contribution >= 4 is 28.2 Å². The lowest BCUT2D eigenvalue weighted by molar-refractivity contribution is 0.629. The highest BCUT2D eigenvalue weighted by Crippen LogP contribution is 2.43. The summed E-state index contributed by atoms with van der Waals surface area (Å²) in [5.74, 6) is -0.153. The lowest BCUT2D eigenvalue weighted by Crippen LogP contribution is -2.17. The molecule has 0 amide bonds. The minimum Gasteiger partial charge on any atom is -0.380 e. The zero-order valence-corrected chi connectivity index (χ0v) is 12.7. The monoisotopic (exact) mass is 312 g/mol. The van der Waals surface area contributed by atoms with Gasteiger partial charge in [-0.1, -0.05) is 29.8 Å². The van der Waals surface area contributed by atoms with Crippen LogP contribution in [0.2, 0.25) is 5.02 Å². The van der Waals surface area contributed by atoms with E-state index in [-0.39, 0.29) is 17.8 Å². The molecule has 2 atom stereocenters. The van der Waals surface area contributed by atoms with Gasteiger partial charge in [0, 0.05) is 23.4 Å². The summed E-state index contributed by atoms with van der Waals surface area (Å²) >= 11 is 6.27. The molecule has 1 aromatic heterocycles. The molecule has 1 N–H and O–H groups in total. The van der Waals surface area contributed by atoms with Gasteiger partial charge in [0.1, 0.15) is 5.82 Å². The Labute approximate surface area is 132 Å². The van der Waals surface area contributed by atoms with Gasteiger partial charge in [-0.15, -0.1) is 0 Å². The summed E-state index contributed by atoms with van der Waals surface area (Å²) in [5, 5.41) is 5.09. The highest BCUT2D eigenvalue weighted by atomic mass is 35.5. The van der Waals surface area contributed by atoms with Crippen LogP contribution in [0.15, 0.2) is 48.5 Å². The Morgan fingerprint density at radius 1 is 1.14 bits per heavy atom. The normalized spacial score (nSPS) is 20.0. The van der Waals surface area contributed by atoms with E-state index >= 15 is 0 Å². The Morgan fingerprint density at radius 2 is 1.95 bits per heavy atom. The van der Waals surface area contributed by atoms with Crippen molar-refractivity contribution in [1.82, 2.24) is 4.98 Å². The average Bonchev–Trinajstić information content (AvgIpc) is 2.84. The zero-order valence-electron chi connectivity index (χ0n) is 12.0. The standard InChI is InChI=1S/C18H14ClFN2/c1-10-17(13-3-2-4-14(19)18(13)21-10)15-8-6-11-5-7-12(20)9-16(11)22-15/h2-10,17,21H,1H3. The Morgan fingerprint density at radius 3 is 2.82 bits per heavy atom. The molecule has 4 rings (SSSR count). The predicted octanol–water partition coefficient (Wildman–Crippen LogP) is 4.97. The van der Waals surface area contributed by atoms with Crippen LogP contribution >= 0.6 is 11.6 Å². The van der Waals surface area contributed by atoms with Crippen molar-refractivity contribution < 1.29 is 4.39 Å². The van der Waals surface area contributed by atoms with Crippen molar-refractivity contribution in [2.24, 2.45) is 0 Å². The van der Waals surface area contributed by atoms with Crippen LogP contribution in [0.25, 0.3) is 10.9 Å². The lowest BCUT2D eigenvalue weighted by Gasteiger charge is -2.16. The number of anilines is 1. The number of aromatic nitrogens is 1. The number of halogens is 2. The molecule has 0 aliphatic carbocycles. The van der Waals surface area contributed by atoms with Gasteiger partial charge >= 0.3 is 0 Å². The van der Waals surface area contributed by atoms with E-state index in [9.17, 15) is 4.39 Å². The third-order valence-corrected chi connectivity index (χ3v) is 4.56. The summed E-state index contributed by atoms with van der Waals surface area (Å²) < 4.78 is 13.4. The van der Waals surface area contributed by atoms with Crippen LogP contribution in [0, 0.1) is 5.82 Å². The van der Waals surface area contributed by atoms with Crippen LogP contribution in [0.1, 0.15) is 24.1 Å². The van der Waals surface area contributed by atoms with Gasteiger partial charge in [0.2, 0.25) is 0 Å². The van der Waals surface area contributed by atoms with E-state index < -0.39 is 0 Å². The number of nitrogens with zero attached hydrogens (tertiary/aromatic N) is 1. The quantitative estimate of drug-likeness (QED) is 0.686. The number of hydrogen-bond acceptors (Lipinski definition) is 2. The number of fused-ring (bicyclic) bond motifs is 2. The molecule has 1 aliphatic rings. The fourth-order valence-electron chi connectivity index (χ4n) is 3.23. The van der Waals surface area contributed by atoms with Crippen molar-refractivity contribution in [1.29, 1.82) is 0 Å². The van der Waals surface area contributed by atoms with E-state index in [0.717, 1.165) is 27.4 Å². The first-order chi connectivity index (χ1) is 10.6. The Balaban J connectivity index is 1.87. The number of pyridine rings is 1. The third kappa shape index (κ3) is 2.04. The number of rotatable bonds is 1. The van der Waals surface area contributed by atoms with Crippen molar-refractivity contribution in [2.75, 3.05) is 5.32 Å². The van der Waals surface area contributed by atoms with E-state index in [1.54, 1.807) is 6.07 Å². The molecule has 2 aromatic carbocycles. The molecule has 3 aromatic rings. The summed E-state index contributed by atoms with van der Waals surface area (Å²) in [6, 6.07) is 14.8. The number of para-hydroxylation sites is 1. The van der Waals surface area contributed by atoms with E-state index in [2.05, 4.69) is 23.3 Å². The molecular weight excluding hydrogens is 299 g/mol. The topological polar surface area (TPSA) is 24.9 Å². The van der Waals surface area contributed by atoms with Crippen LogP contribution in [0.5, 0.6) is 0 Å². The molecule has 2 heterocycles. The molecule has 22 heavy (non-hydrogen) atoms. The maximum atomic E-state index is 13.4. The molecule has 0 radical (unpaired) electrons. The van der Waals surface area contributed by atoms with Gasteiger partial charge in [-0.25, -0.2) is 4.39 Å². The molecule has 0 saturated heterocycles. The number of benzene rings is 2. The SMILES string of the molecule is CC1Nc2c(Cl)cccc2C1c1ccc2ccc(F)cc2n1. The predicted molar refractivity (Wildman–Crippen MR) is 88.1 cm³/mol. The number of nitrogens with one attached hydrogen (secondary N) is 1. The first kappa shape index (κ1) is 13.5. The molecule has 0 spiro atoms. The summed E-state index contributed by atoms with van der Waals surface area (Å²) in [4.78, 5) is 4.67. The molecule has 1 aliphatic heterocycles. The van der Waals surface area contributed by atoms with Gasteiger partial charge in [-0.05, 0) is 36.8 Å². The van der Waals surface area contributed by atoms with E-state index in [0.29, 0.717) is 5.52 Å². The fourth-order valence-corrected chi connectivity index (χ4v) is 3.46. The summed E-state index contributed by atoms with van der Waals surface area (Å²) in [7, 11) is 0. The van der Waals surface area contributed by atoms with Crippen LogP contribution in [-0.2, 0) is 0 Å². The lowest BCUT2D eigenvalue weighted by atomic mass is 9.92. The summed E-state index contributed by atoms with van der Waals surface area (Å²) in [5.41, 5.74) is 3.73. The minimum atomic E-state index is -0.266. The first-order valence-electron chi connectivity index (χ1n) is 7.24.